The van der Waals surface area contributed by atoms with Crippen molar-refractivity contribution in [3.05, 3.63) is 34.6 Å². The summed E-state index contributed by atoms with van der Waals surface area (Å²) in [6.07, 6.45) is 6.75. The van der Waals surface area contributed by atoms with Crippen LogP contribution in [-0.4, -0.2) is 20.8 Å². The molecule has 0 amide bonds. The zero-order chi connectivity index (χ0) is 16.2. The van der Waals surface area contributed by atoms with Gasteiger partial charge in [-0.25, -0.2) is 0 Å². The largest absolute Gasteiger partial charge is 0.510 e. The Morgan fingerprint density at radius 3 is 2.33 bits per heavy atom. The van der Waals surface area contributed by atoms with E-state index in [0.29, 0.717) is 6.42 Å². The zero-order valence-corrected chi connectivity index (χ0v) is 14.3. The maximum atomic E-state index is 11.8. The smallest absolute Gasteiger partial charge is 0.227 e. The number of hydrogen-bond acceptors (Lipinski definition) is 4. The third-order valence-corrected chi connectivity index (χ3v) is 4.74. The molecule has 0 bridgehead atoms. The van der Waals surface area contributed by atoms with E-state index in [1.54, 1.807) is 6.92 Å². The van der Waals surface area contributed by atoms with Crippen LogP contribution in [0, 0.1) is 0 Å². The van der Waals surface area contributed by atoms with Crippen molar-refractivity contribution < 1.29 is 14.7 Å². The summed E-state index contributed by atoms with van der Waals surface area (Å²) in [5, 5.41) is 9.87. The molecule has 1 rings (SSSR count). The van der Waals surface area contributed by atoms with Gasteiger partial charge >= 0.3 is 0 Å². The molecule has 0 saturated heterocycles. The molecule has 3 nitrogen and oxygen atoms in total. The second kappa shape index (κ2) is 7.12. The van der Waals surface area contributed by atoms with Gasteiger partial charge in [0.05, 0.1) is 4.75 Å². The SMILES string of the molecule is CC(=O)C1=C(O)C(C)(C/C=C(/C)CCC=C(C)C)SC1=O. The summed E-state index contributed by atoms with van der Waals surface area (Å²) in [5.74, 6) is -0.434. The van der Waals surface area contributed by atoms with E-state index in [2.05, 4.69) is 32.9 Å². The summed E-state index contributed by atoms with van der Waals surface area (Å²) in [6.45, 7) is 9.33. The number of rotatable bonds is 6. The first-order valence-electron chi connectivity index (χ1n) is 7.14. The molecule has 0 fully saturated rings. The Kier molecular flexibility index (Phi) is 6.02. The van der Waals surface area contributed by atoms with E-state index in [4.69, 9.17) is 0 Å². The fourth-order valence-electron chi connectivity index (χ4n) is 2.17. The monoisotopic (exact) mass is 308 g/mol. The highest BCUT2D eigenvalue weighted by atomic mass is 32.2. The van der Waals surface area contributed by atoms with Gasteiger partial charge in [-0.3, -0.25) is 9.59 Å². The Morgan fingerprint density at radius 2 is 1.86 bits per heavy atom. The van der Waals surface area contributed by atoms with Crippen LogP contribution >= 0.6 is 11.8 Å². The van der Waals surface area contributed by atoms with Crippen LogP contribution in [0.25, 0.3) is 0 Å². The number of carbonyl (C=O) groups excluding carboxylic acids is 2. The molecule has 116 valence electrons. The number of allylic oxidation sites excluding steroid dienone is 4. The number of aliphatic hydroxyl groups excluding tert-OH is 1. The maximum absolute atomic E-state index is 11.8. The summed E-state index contributed by atoms with van der Waals surface area (Å²) in [7, 11) is 0. The molecule has 1 aliphatic rings. The lowest BCUT2D eigenvalue weighted by Crippen LogP contribution is -2.20. The van der Waals surface area contributed by atoms with Gasteiger partial charge < -0.3 is 5.11 Å². The van der Waals surface area contributed by atoms with Crippen molar-refractivity contribution in [3.63, 3.8) is 0 Å². The molecule has 0 spiro atoms. The summed E-state index contributed by atoms with van der Waals surface area (Å²) < 4.78 is -0.712. The van der Waals surface area contributed by atoms with Gasteiger partial charge in [0.2, 0.25) is 5.12 Å². The molecule has 0 aliphatic carbocycles. The molecular weight excluding hydrogens is 284 g/mol. The molecule has 1 N–H and O–H groups in total. The molecule has 1 heterocycles. The molecule has 0 radical (unpaired) electrons. The Morgan fingerprint density at radius 1 is 1.24 bits per heavy atom. The van der Waals surface area contributed by atoms with E-state index < -0.39 is 4.75 Å². The Balaban J connectivity index is 2.77. The van der Waals surface area contributed by atoms with Crippen LogP contribution in [0.5, 0.6) is 0 Å². The molecule has 0 aromatic carbocycles. The summed E-state index contributed by atoms with van der Waals surface area (Å²) in [4.78, 5) is 23.3. The van der Waals surface area contributed by atoms with E-state index >= 15 is 0 Å². The highest BCUT2D eigenvalue weighted by Gasteiger charge is 2.44. The highest BCUT2D eigenvalue weighted by molar-refractivity contribution is 8.16. The molecule has 0 aromatic rings. The first kappa shape index (κ1) is 17.8. The van der Waals surface area contributed by atoms with Crippen LogP contribution in [0.4, 0.5) is 0 Å². The minimum Gasteiger partial charge on any atom is -0.510 e. The molecule has 0 saturated carbocycles. The van der Waals surface area contributed by atoms with Gasteiger partial charge in [0.25, 0.3) is 0 Å². The van der Waals surface area contributed by atoms with Gasteiger partial charge in [-0.2, -0.15) is 0 Å². The topological polar surface area (TPSA) is 54.4 Å². The molecule has 4 heteroatoms. The third kappa shape index (κ3) is 4.60. The van der Waals surface area contributed by atoms with Crippen LogP contribution in [0.1, 0.15) is 53.9 Å². The van der Waals surface area contributed by atoms with E-state index in [0.717, 1.165) is 24.6 Å². The van der Waals surface area contributed by atoms with E-state index in [-0.39, 0.29) is 22.2 Å². The Hall–Kier alpha value is -1.29. The number of aliphatic hydroxyl groups is 1. The van der Waals surface area contributed by atoms with Crippen molar-refractivity contribution in [2.24, 2.45) is 0 Å². The highest BCUT2D eigenvalue weighted by Crippen LogP contribution is 2.45. The van der Waals surface area contributed by atoms with Gasteiger partial charge in [0, 0.05) is 0 Å². The zero-order valence-electron chi connectivity index (χ0n) is 13.4. The first-order chi connectivity index (χ1) is 9.67. The molecular formula is C17H24O3S. The fraction of sp³-hybridized carbons (Fsp3) is 0.529. The summed E-state index contributed by atoms with van der Waals surface area (Å²) in [5.41, 5.74) is 2.49. The molecule has 1 aliphatic heterocycles. The van der Waals surface area contributed by atoms with Crippen molar-refractivity contribution in [2.45, 2.75) is 58.6 Å². The second-order valence-electron chi connectivity index (χ2n) is 5.97. The van der Waals surface area contributed by atoms with Gasteiger partial charge in [0.1, 0.15) is 11.3 Å². The number of ketones is 1. The van der Waals surface area contributed by atoms with Crippen molar-refractivity contribution in [1.29, 1.82) is 0 Å². The average Bonchev–Trinajstić information content (AvgIpc) is 2.57. The maximum Gasteiger partial charge on any atom is 0.227 e. The predicted molar refractivity (Wildman–Crippen MR) is 88.4 cm³/mol. The molecule has 1 unspecified atom stereocenters. The number of Topliss-reactive ketones (excluding diaryl/α,β-unsaturated/α-hetero) is 1. The molecule has 21 heavy (non-hydrogen) atoms. The van der Waals surface area contributed by atoms with E-state index in [1.165, 1.54) is 18.1 Å². The second-order valence-corrected chi connectivity index (χ2v) is 7.45. The minimum atomic E-state index is -0.712. The Labute approximate surface area is 131 Å². The van der Waals surface area contributed by atoms with Gasteiger partial charge in [-0.05, 0) is 53.9 Å². The normalized spacial score (nSPS) is 22.7. The average molecular weight is 308 g/mol. The van der Waals surface area contributed by atoms with Crippen LogP contribution < -0.4 is 0 Å². The van der Waals surface area contributed by atoms with Crippen LogP contribution in [0.3, 0.4) is 0 Å². The Bertz CT molecular complexity index is 536. The number of carbonyl (C=O) groups is 2. The van der Waals surface area contributed by atoms with E-state index in [1.807, 2.05) is 0 Å². The number of thioether (sulfide) groups is 1. The van der Waals surface area contributed by atoms with E-state index in [9.17, 15) is 14.7 Å². The van der Waals surface area contributed by atoms with Crippen LogP contribution in [0.2, 0.25) is 0 Å². The van der Waals surface area contributed by atoms with Crippen molar-refractivity contribution >= 4 is 22.7 Å². The van der Waals surface area contributed by atoms with Gasteiger partial charge in [-0.1, -0.05) is 35.1 Å². The lowest BCUT2D eigenvalue weighted by atomic mass is 9.97. The van der Waals surface area contributed by atoms with Crippen LogP contribution in [0.15, 0.2) is 34.6 Å². The quantitative estimate of drug-likeness (QED) is 0.579. The third-order valence-electron chi connectivity index (χ3n) is 3.54. The van der Waals surface area contributed by atoms with Crippen molar-refractivity contribution in [1.82, 2.24) is 0 Å². The van der Waals surface area contributed by atoms with Crippen LogP contribution in [-0.2, 0) is 9.59 Å². The first-order valence-corrected chi connectivity index (χ1v) is 7.96. The van der Waals surface area contributed by atoms with Crippen molar-refractivity contribution in [2.75, 3.05) is 0 Å². The molecule has 1 atom stereocenters. The summed E-state index contributed by atoms with van der Waals surface area (Å²) >= 11 is 1.04. The predicted octanol–water partition coefficient (Wildman–Crippen LogP) is 4.50. The van der Waals surface area contributed by atoms with Gasteiger partial charge in [-0.15, -0.1) is 0 Å². The lowest BCUT2D eigenvalue weighted by Gasteiger charge is -2.20. The summed E-state index contributed by atoms with van der Waals surface area (Å²) in [6, 6.07) is 0. The molecule has 0 aromatic heterocycles. The number of hydrogen-bond donors (Lipinski definition) is 1. The van der Waals surface area contributed by atoms with Crippen molar-refractivity contribution in [3.8, 4) is 0 Å². The fourth-order valence-corrected chi connectivity index (χ4v) is 3.29. The lowest BCUT2D eigenvalue weighted by molar-refractivity contribution is -0.116. The van der Waals surface area contributed by atoms with Gasteiger partial charge in [0.15, 0.2) is 5.78 Å². The minimum absolute atomic E-state index is 0.0434. The standard InChI is InChI=1S/C17H24O3S/c1-11(2)7-6-8-12(3)9-10-17(5)15(19)14(13(4)18)16(20)21-17/h7,9,19H,6,8,10H2,1-5H3/b12-9-.